The minimum Gasteiger partial charge on any atom is -0.339 e. The number of benzene rings is 3. The molecule has 3 saturated heterocycles. The van der Waals surface area contributed by atoms with E-state index >= 15 is 0 Å². The molecular formula is C39H46ClN5O4S. The van der Waals surface area contributed by atoms with E-state index in [1.807, 2.05) is 4.90 Å². The lowest BCUT2D eigenvalue weighted by Gasteiger charge is -2.45. The molecule has 9 nitrogen and oxygen atoms in total. The summed E-state index contributed by atoms with van der Waals surface area (Å²) in [5.41, 5.74) is 3.80. The first kappa shape index (κ1) is 34.7. The molecular weight excluding hydrogens is 670 g/mol. The monoisotopic (exact) mass is 715 g/mol. The number of aryl methyl sites for hydroxylation is 1. The number of imidazole rings is 1. The number of likely N-dealkylation sites (tertiary alicyclic amines) is 1. The smallest absolute Gasteiger partial charge is 0.265 e. The number of carbonyl (C=O) groups excluding carboxylic acids is 2. The summed E-state index contributed by atoms with van der Waals surface area (Å²) in [4.78, 5) is 35.2. The number of hydrogen-bond acceptors (Lipinski definition) is 6. The van der Waals surface area contributed by atoms with Crippen LogP contribution in [0.5, 0.6) is 0 Å². The molecule has 3 aromatic carbocycles. The van der Waals surface area contributed by atoms with Crippen LogP contribution in [0.4, 0.5) is 0 Å². The van der Waals surface area contributed by atoms with Gasteiger partial charge in [-0.25, -0.2) is 18.1 Å². The molecule has 1 aromatic heterocycles. The highest BCUT2D eigenvalue weighted by molar-refractivity contribution is 7.90. The first-order valence-corrected chi connectivity index (χ1v) is 19.7. The van der Waals surface area contributed by atoms with Gasteiger partial charge in [0, 0.05) is 42.7 Å². The van der Waals surface area contributed by atoms with Gasteiger partial charge in [0.05, 0.1) is 16.1 Å². The summed E-state index contributed by atoms with van der Waals surface area (Å²) < 4.78 is 30.6. The molecule has 1 N–H and O–H groups in total. The lowest BCUT2D eigenvalue weighted by molar-refractivity contribution is -0.122. The molecule has 3 aliphatic heterocycles. The molecule has 7 rings (SSSR count). The van der Waals surface area contributed by atoms with E-state index in [2.05, 4.69) is 75.7 Å². The van der Waals surface area contributed by atoms with Crippen LogP contribution in [0.3, 0.4) is 0 Å². The first-order valence-electron chi connectivity index (χ1n) is 17.9. The number of fused-ring (bicyclic) bond motifs is 3. The molecule has 0 saturated carbocycles. The van der Waals surface area contributed by atoms with E-state index in [9.17, 15) is 18.0 Å². The van der Waals surface area contributed by atoms with Crippen molar-refractivity contribution in [1.29, 1.82) is 0 Å². The molecule has 264 valence electrons. The number of para-hydroxylation sites is 2. The molecule has 1 unspecified atom stereocenters. The molecule has 0 spiro atoms. The molecule has 0 aliphatic carbocycles. The minimum absolute atomic E-state index is 0.0427. The molecule has 2 bridgehead atoms. The van der Waals surface area contributed by atoms with Crippen molar-refractivity contribution in [2.75, 3.05) is 19.6 Å². The SMILES string of the molecule is Cc1nc2ccccc2n1C1C[C@H]2CC[C@@H](C1)N2CCC1(c2ccccc2)CCN(C(=O)c2ccc(Cl)c(S(=O)(=O)NC(=O)C(C)C)c2)CC1. The normalized spacial score (nSPS) is 22.3. The van der Waals surface area contributed by atoms with Crippen LogP contribution < -0.4 is 4.72 Å². The van der Waals surface area contributed by atoms with E-state index in [-0.39, 0.29) is 26.8 Å². The van der Waals surface area contributed by atoms with Gasteiger partial charge in [-0.1, -0.05) is 67.9 Å². The Balaban J connectivity index is 1.05. The van der Waals surface area contributed by atoms with Gasteiger partial charge in [0.25, 0.3) is 15.9 Å². The summed E-state index contributed by atoms with van der Waals surface area (Å²) in [6, 6.07) is 25.0. The van der Waals surface area contributed by atoms with Crippen LogP contribution in [0.1, 0.15) is 86.6 Å². The molecule has 3 fully saturated rings. The minimum atomic E-state index is -4.24. The van der Waals surface area contributed by atoms with Gasteiger partial charge >= 0.3 is 0 Å². The maximum Gasteiger partial charge on any atom is 0.265 e. The van der Waals surface area contributed by atoms with E-state index in [0.29, 0.717) is 31.2 Å². The third-order valence-electron chi connectivity index (χ3n) is 11.5. The number of halogens is 1. The highest BCUT2D eigenvalue weighted by Crippen LogP contribution is 2.45. The molecule has 4 heterocycles. The Labute approximate surface area is 300 Å². The number of nitrogens with zero attached hydrogens (tertiary/aromatic N) is 4. The number of sulfonamides is 1. The van der Waals surface area contributed by atoms with E-state index in [1.54, 1.807) is 19.9 Å². The van der Waals surface area contributed by atoms with Crippen molar-refractivity contribution in [2.24, 2.45) is 5.92 Å². The fraction of sp³-hybridized carbons (Fsp3) is 0.462. The Hall–Kier alpha value is -3.73. The van der Waals surface area contributed by atoms with Crippen LogP contribution in [0.25, 0.3) is 11.0 Å². The van der Waals surface area contributed by atoms with Crippen LogP contribution in [-0.4, -0.2) is 71.3 Å². The lowest BCUT2D eigenvalue weighted by atomic mass is 9.70. The van der Waals surface area contributed by atoms with Crippen molar-refractivity contribution in [3.05, 3.63) is 94.8 Å². The van der Waals surface area contributed by atoms with Crippen molar-refractivity contribution in [1.82, 2.24) is 24.1 Å². The van der Waals surface area contributed by atoms with E-state index in [4.69, 9.17) is 16.6 Å². The Bertz CT molecular complexity index is 1990. The van der Waals surface area contributed by atoms with Gasteiger partial charge in [-0.05, 0) is 99.7 Å². The van der Waals surface area contributed by atoms with Crippen LogP contribution in [0.15, 0.2) is 77.7 Å². The van der Waals surface area contributed by atoms with Gasteiger partial charge in [-0.2, -0.15) is 0 Å². The second-order valence-electron chi connectivity index (χ2n) is 14.7. The van der Waals surface area contributed by atoms with Gasteiger partial charge in [0.2, 0.25) is 5.91 Å². The van der Waals surface area contributed by atoms with Gasteiger partial charge in [0.15, 0.2) is 0 Å². The van der Waals surface area contributed by atoms with Crippen LogP contribution in [0, 0.1) is 12.8 Å². The zero-order valence-electron chi connectivity index (χ0n) is 29.0. The fourth-order valence-corrected chi connectivity index (χ4v) is 10.4. The highest BCUT2D eigenvalue weighted by atomic mass is 35.5. The van der Waals surface area contributed by atoms with E-state index < -0.39 is 21.8 Å². The second-order valence-corrected chi connectivity index (χ2v) is 16.8. The van der Waals surface area contributed by atoms with Crippen molar-refractivity contribution >= 4 is 44.5 Å². The number of amides is 2. The summed E-state index contributed by atoms with van der Waals surface area (Å²) in [6.45, 7) is 7.49. The van der Waals surface area contributed by atoms with Crippen molar-refractivity contribution in [3.8, 4) is 0 Å². The fourth-order valence-electron chi connectivity index (χ4n) is 8.73. The first-order chi connectivity index (χ1) is 24.0. The molecule has 3 atom stereocenters. The Kier molecular flexibility index (Phi) is 9.56. The Morgan fingerprint density at radius 2 is 1.60 bits per heavy atom. The molecule has 50 heavy (non-hydrogen) atoms. The van der Waals surface area contributed by atoms with Crippen LogP contribution >= 0.6 is 11.6 Å². The van der Waals surface area contributed by atoms with Gasteiger partial charge < -0.3 is 9.47 Å². The largest absolute Gasteiger partial charge is 0.339 e. The van der Waals surface area contributed by atoms with E-state index in [0.717, 1.165) is 50.0 Å². The summed E-state index contributed by atoms with van der Waals surface area (Å²) >= 11 is 6.26. The van der Waals surface area contributed by atoms with Crippen LogP contribution in [0.2, 0.25) is 5.02 Å². The number of nitrogens with one attached hydrogen (secondary N) is 1. The van der Waals surface area contributed by atoms with Crippen molar-refractivity contribution in [2.45, 2.75) is 94.2 Å². The number of carbonyl (C=O) groups is 2. The molecule has 4 aromatic rings. The van der Waals surface area contributed by atoms with Crippen LogP contribution in [-0.2, 0) is 20.2 Å². The van der Waals surface area contributed by atoms with E-state index in [1.165, 1.54) is 36.1 Å². The zero-order chi connectivity index (χ0) is 35.2. The summed E-state index contributed by atoms with van der Waals surface area (Å²) in [6.07, 6.45) is 7.38. The molecule has 11 heteroatoms. The highest BCUT2D eigenvalue weighted by Gasteiger charge is 2.44. The number of hydrogen-bond donors (Lipinski definition) is 1. The average Bonchev–Trinajstić information content (AvgIpc) is 3.57. The average molecular weight is 716 g/mol. The molecule has 2 amide bonds. The Morgan fingerprint density at radius 3 is 2.28 bits per heavy atom. The Morgan fingerprint density at radius 1 is 0.940 bits per heavy atom. The predicted octanol–water partition coefficient (Wildman–Crippen LogP) is 6.89. The van der Waals surface area contributed by atoms with Gasteiger partial charge in [-0.3, -0.25) is 14.5 Å². The topological polar surface area (TPSA) is 105 Å². The van der Waals surface area contributed by atoms with Crippen molar-refractivity contribution < 1.29 is 18.0 Å². The third kappa shape index (κ3) is 6.58. The lowest BCUT2D eigenvalue weighted by Crippen LogP contribution is -2.49. The maximum absolute atomic E-state index is 13.8. The summed E-state index contributed by atoms with van der Waals surface area (Å²) in [5.74, 6) is -0.300. The quantitative estimate of drug-likeness (QED) is 0.203. The predicted molar refractivity (Wildman–Crippen MR) is 196 cm³/mol. The zero-order valence-corrected chi connectivity index (χ0v) is 30.6. The summed E-state index contributed by atoms with van der Waals surface area (Å²) in [7, 11) is -4.24. The third-order valence-corrected chi connectivity index (χ3v) is 13.3. The molecule has 0 radical (unpaired) electrons. The maximum atomic E-state index is 13.8. The number of piperidine rings is 2. The molecule has 3 aliphatic rings. The van der Waals surface area contributed by atoms with Crippen molar-refractivity contribution in [3.63, 3.8) is 0 Å². The summed E-state index contributed by atoms with van der Waals surface area (Å²) in [5, 5.41) is -0.0427. The number of rotatable bonds is 9. The second kappa shape index (κ2) is 13.8. The van der Waals surface area contributed by atoms with Gasteiger partial charge in [0.1, 0.15) is 10.7 Å². The van der Waals surface area contributed by atoms with Gasteiger partial charge in [-0.15, -0.1) is 0 Å². The number of aromatic nitrogens is 2. The standard InChI is InChI=1S/C39H46ClN5O4S/c1-26(2)37(46)42-50(48,49)36-23-28(13-16-33(36)40)38(47)43-20-17-39(18-21-43,29-9-5-4-6-10-29)19-22-44-30-14-15-31(44)25-32(24-30)45-27(3)41-34-11-7-8-12-35(34)45/h4-13,16,23,26,30-32H,14-15,17-22,24-25H2,1-3H3,(H,42,46)/t30-,31+,32?.